The fraction of sp³-hybridized carbons (Fsp3) is 0.667. The quantitative estimate of drug-likeness (QED) is 0.874. The Morgan fingerprint density at radius 1 is 1.19 bits per heavy atom. The van der Waals surface area contributed by atoms with Gasteiger partial charge < -0.3 is 10.1 Å². The van der Waals surface area contributed by atoms with Crippen molar-refractivity contribution < 1.29 is 9.53 Å². The molecule has 0 unspecified atom stereocenters. The van der Waals surface area contributed by atoms with E-state index in [9.17, 15) is 4.79 Å². The molecule has 2 saturated heterocycles. The first kappa shape index (κ1) is 18.3. The number of carbonyl (C=O) groups excluding carboxylic acids is 1. The van der Waals surface area contributed by atoms with Crippen molar-refractivity contribution in [3.63, 3.8) is 0 Å². The Morgan fingerprint density at radius 3 is 2.73 bits per heavy atom. The number of rotatable bonds is 4. The van der Waals surface area contributed by atoms with Crippen LogP contribution in [-0.2, 0) is 14.9 Å². The van der Waals surface area contributed by atoms with Gasteiger partial charge in [-0.05, 0) is 49.9 Å². The average molecular weight is 377 g/mol. The van der Waals surface area contributed by atoms with E-state index in [0.29, 0.717) is 17.6 Å². The molecule has 5 heteroatoms. The number of fused-ring (bicyclic) bond motifs is 1. The second-order valence-electron chi connectivity index (χ2n) is 8.11. The number of amides is 1. The third-order valence-corrected chi connectivity index (χ3v) is 6.74. The summed E-state index contributed by atoms with van der Waals surface area (Å²) in [5, 5.41) is 3.94. The minimum atomic E-state index is -0.396. The molecular formula is C21H29ClN2O2. The van der Waals surface area contributed by atoms with Crippen LogP contribution in [0.15, 0.2) is 24.3 Å². The molecule has 3 fully saturated rings. The molecule has 1 aromatic rings. The number of ether oxygens (including phenoxy) is 1. The molecule has 3 aliphatic rings. The van der Waals surface area contributed by atoms with Gasteiger partial charge >= 0.3 is 0 Å². The Labute approximate surface area is 161 Å². The molecule has 2 heterocycles. The van der Waals surface area contributed by atoms with Crippen molar-refractivity contribution in [2.75, 3.05) is 26.2 Å². The summed E-state index contributed by atoms with van der Waals surface area (Å²) in [5.74, 6) is 0.154. The van der Waals surface area contributed by atoms with Gasteiger partial charge in [-0.15, -0.1) is 0 Å². The molecule has 1 aromatic carbocycles. The molecule has 0 bridgehead atoms. The monoisotopic (exact) mass is 376 g/mol. The van der Waals surface area contributed by atoms with Crippen molar-refractivity contribution in [3.05, 3.63) is 34.9 Å². The van der Waals surface area contributed by atoms with Crippen molar-refractivity contribution in [2.45, 2.75) is 62.5 Å². The van der Waals surface area contributed by atoms with E-state index in [-0.39, 0.29) is 12.0 Å². The maximum atomic E-state index is 13.2. The first-order valence-electron chi connectivity index (χ1n) is 10.1. The molecule has 0 radical (unpaired) electrons. The molecule has 0 spiro atoms. The standard InChI is InChI=1S/C21H29ClN2O2/c22-17-8-6-16(7-9-17)21(10-2-3-11-21)20(25)23-13-19-14-24-12-4-1-5-18(24)15-26-19/h6-9,18-19H,1-5,10-15H2,(H,23,25)/t18-,19-/m1/s1. The van der Waals surface area contributed by atoms with Crippen molar-refractivity contribution in [1.82, 2.24) is 10.2 Å². The summed E-state index contributed by atoms with van der Waals surface area (Å²) in [4.78, 5) is 15.7. The highest BCUT2D eigenvalue weighted by Gasteiger charge is 2.43. The first-order valence-corrected chi connectivity index (χ1v) is 10.5. The van der Waals surface area contributed by atoms with Crippen LogP contribution in [0.3, 0.4) is 0 Å². The van der Waals surface area contributed by atoms with Gasteiger partial charge in [-0.3, -0.25) is 9.69 Å². The summed E-state index contributed by atoms with van der Waals surface area (Å²) in [7, 11) is 0. The summed E-state index contributed by atoms with van der Waals surface area (Å²) >= 11 is 6.04. The third-order valence-electron chi connectivity index (χ3n) is 6.49. The number of halogens is 1. The molecular weight excluding hydrogens is 348 g/mol. The largest absolute Gasteiger partial charge is 0.373 e. The van der Waals surface area contributed by atoms with Crippen molar-refractivity contribution in [3.8, 4) is 0 Å². The molecule has 2 atom stereocenters. The summed E-state index contributed by atoms with van der Waals surface area (Å²) < 4.78 is 6.04. The van der Waals surface area contributed by atoms with Crippen LogP contribution in [0.4, 0.5) is 0 Å². The predicted octanol–water partition coefficient (Wildman–Crippen LogP) is 3.52. The lowest BCUT2D eigenvalue weighted by Gasteiger charge is -2.42. The zero-order valence-corrected chi connectivity index (χ0v) is 16.1. The predicted molar refractivity (Wildman–Crippen MR) is 104 cm³/mol. The van der Waals surface area contributed by atoms with Crippen molar-refractivity contribution >= 4 is 17.5 Å². The van der Waals surface area contributed by atoms with Gasteiger partial charge in [0.05, 0.1) is 18.1 Å². The molecule has 2 aliphatic heterocycles. The molecule has 4 rings (SSSR count). The molecule has 4 nitrogen and oxygen atoms in total. The number of nitrogens with zero attached hydrogens (tertiary/aromatic N) is 1. The van der Waals surface area contributed by atoms with Gasteiger partial charge in [0.15, 0.2) is 0 Å². The van der Waals surface area contributed by atoms with Crippen LogP contribution in [0.5, 0.6) is 0 Å². The zero-order valence-electron chi connectivity index (χ0n) is 15.4. The number of hydrogen-bond acceptors (Lipinski definition) is 3. The van der Waals surface area contributed by atoms with Gasteiger partial charge in [-0.25, -0.2) is 0 Å². The lowest BCUT2D eigenvalue weighted by Crippen LogP contribution is -2.55. The van der Waals surface area contributed by atoms with E-state index in [1.165, 1.54) is 25.8 Å². The topological polar surface area (TPSA) is 41.6 Å². The minimum absolute atomic E-state index is 0.108. The van der Waals surface area contributed by atoms with Gasteiger partial charge in [0.25, 0.3) is 0 Å². The molecule has 1 amide bonds. The maximum Gasteiger partial charge on any atom is 0.230 e. The van der Waals surface area contributed by atoms with Crippen LogP contribution < -0.4 is 5.32 Å². The fourth-order valence-corrected chi connectivity index (χ4v) is 5.07. The van der Waals surface area contributed by atoms with E-state index in [0.717, 1.165) is 44.4 Å². The Morgan fingerprint density at radius 2 is 1.96 bits per heavy atom. The smallest absolute Gasteiger partial charge is 0.230 e. The van der Waals surface area contributed by atoms with Crippen LogP contribution in [0, 0.1) is 0 Å². The highest BCUT2D eigenvalue weighted by atomic mass is 35.5. The zero-order chi connectivity index (χ0) is 18.0. The van der Waals surface area contributed by atoms with Crippen molar-refractivity contribution in [1.29, 1.82) is 0 Å². The number of morpholine rings is 1. The summed E-state index contributed by atoms with van der Waals surface area (Å²) in [6, 6.07) is 8.41. The summed E-state index contributed by atoms with van der Waals surface area (Å²) in [5.41, 5.74) is 0.699. The lowest BCUT2D eigenvalue weighted by atomic mass is 9.78. The Balaban J connectivity index is 1.39. The Bertz CT molecular complexity index is 627. The maximum absolute atomic E-state index is 13.2. The summed E-state index contributed by atoms with van der Waals surface area (Å²) in [6.07, 6.45) is 8.00. The van der Waals surface area contributed by atoms with Crippen LogP contribution >= 0.6 is 11.6 Å². The molecule has 1 N–H and O–H groups in total. The highest BCUT2D eigenvalue weighted by molar-refractivity contribution is 6.30. The molecule has 142 valence electrons. The molecule has 1 saturated carbocycles. The first-order chi connectivity index (χ1) is 12.7. The lowest BCUT2D eigenvalue weighted by molar-refractivity contribution is -0.128. The van der Waals surface area contributed by atoms with E-state index in [4.69, 9.17) is 16.3 Å². The van der Waals surface area contributed by atoms with Crippen LogP contribution in [0.2, 0.25) is 5.02 Å². The van der Waals surface area contributed by atoms with Crippen LogP contribution in [0.25, 0.3) is 0 Å². The molecule has 1 aliphatic carbocycles. The fourth-order valence-electron chi connectivity index (χ4n) is 4.94. The van der Waals surface area contributed by atoms with E-state index >= 15 is 0 Å². The van der Waals surface area contributed by atoms with Gasteiger partial charge in [0.2, 0.25) is 5.91 Å². The van der Waals surface area contributed by atoms with Gasteiger partial charge in [0, 0.05) is 24.2 Å². The normalized spacial score (nSPS) is 28.5. The number of carbonyl (C=O) groups is 1. The van der Waals surface area contributed by atoms with Crippen LogP contribution in [0.1, 0.15) is 50.5 Å². The second-order valence-corrected chi connectivity index (χ2v) is 8.54. The van der Waals surface area contributed by atoms with Crippen molar-refractivity contribution in [2.24, 2.45) is 0 Å². The number of piperidine rings is 1. The van der Waals surface area contributed by atoms with E-state index in [2.05, 4.69) is 10.2 Å². The van der Waals surface area contributed by atoms with E-state index in [1.807, 2.05) is 24.3 Å². The van der Waals surface area contributed by atoms with E-state index in [1.54, 1.807) is 0 Å². The third kappa shape index (κ3) is 3.64. The average Bonchev–Trinajstić information content (AvgIpc) is 3.17. The Kier molecular flexibility index (Phi) is 5.53. The number of benzene rings is 1. The second kappa shape index (κ2) is 7.87. The minimum Gasteiger partial charge on any atom is -0.373 e. The Hall–Kier alpha value is -1.10. The van der Waals surface area contributed by atoms with E-state index < -0.39 is 5.41 Å². The molecule has 0 aromatic heterocycles. The SMILES string of the molecule is O=C(NC[C@@H]1CN2CCCC[C@@H]2CO1)C1(c2ccc(Cl)cc2)CCCC1. The number of hydrogen-bond donors (Lipinski definition) is 1. The van der Waals surface area contributed by atoms with Gasteiger partial charge in [-0.1, -0.05) is 43.0 Å². The van der Waals surface area contributed by atoms with Crippen LogP contribution in [-0.4, -0.2) is 49.2 Å². The van der Waals surface area contributed by atoms with Gasteiger partial charge in [0.1, 0.15) is 0 Å². The highest BCUT2D eigenvalue weighted by Crippen LogP contribution is 2.41. The summed E-state index contributed by atoms with van der Waals surface area (Å²) in [6.45, 7) is 3.53. The number of nitrogens with one attached hydrogen (secondary N) is 1. The van der Waals surface area contributed by atoms with Gasteiger partial charge in [-0.2, -0.15) is 0 Å². The molecule has 26 heavy (non-hydrogen) atoms.